The number of nitrogens with one attached hydrogen (secondary N) is 2. The Labute approximate surface area is 119 Å². The van der Waals surface area contributed by atoms with Crippen LogP contribution >= 0.6 is 0 Å². The number of carbonyl (C=O) groups is 2. The van der Waals surface area contributed by atoms with Crippen molar-refractivity contribution < 1.29 is 9.59 Å². The minimum absolute atomic E-state index is 0.0388. The first-order valence-corrected chi connectivity index (χ1v) is 6.85. The van der Waals surface area contributed by atoms with Gasteiger partial charge in [-0.3, -0.25) is 9.59 Å². The number of benzene rings is 1. The van der Waals surface area contributed by atoms with Crippen molar-refractivity contribution in [3.63, 3.8) is 0 Å². The van der Waals surface area contributed by atoms with E-state index in [1.807, 2.05) is 24.8 Å². The number of piperazine rings is 1. The molecule has 1 aromatic carbocycles. The molecular formula is C15H21N3O2. The molecule has 0 radical (unpaired) electrons. The molecule has 1 aliphatic rings. The molecule has 0 aromatic heterocycles. The number of carbonyl (C=O) groups excluding carboxylic acids is 2. The van der Waals surface area contributed by atoms with Crippen LogP contribution in [0.1, 0.15) is 24.2 Å². The van der Waals surface area contributed by atoms with Gasteiger partial charge >= 0.3 is 0 Å². The van der Waals surface area contributed by atoms with E-state index < -0.39 is 0 Å². The van der Waals surface area contributed by atoms with E-state index in [9.17, 15) is 9.59 Å². The van der Waals surface area contributed by atoms with Crippen LogP contribution in [0.2, 0.25) is 0 Å². The molecule has 5 heteroatoms. The third kappa shape index (κ3) is 3.36. The summed E-state index contributed by atoms with van der Waals surface area (Å²) < 4.78 is 0. The van der Waals surface area contributed by atoms with Crippen molar-refractivity contribution in [2.24, 2.45) is 0 Å². The van der Waals surface area contributed by atoms with Crippen molar-refractivity contribution >= 4 is 11.8 Å². The molecule has 0 atom stereocenters. The van der Waals surface area contributed by atoms with Gasteiger partial charge in [0, 0.05) is 30.7 Å². The van der Waals surface area contributed by atoms with E-state index in [0.717, 1.165) is 13.1 Å². The molecule has 0 aliphatic carbocycles. The summed E-state index contributed by atoms with van der Waals surface area (Å²) in [7, 11) is 0. The third-order valence-electron chi connectivity index (χ3n) is 3.54. The van der Waals surface area contributed by atoms with Crippen molar-refractivity contribution in [2.45, 2.75) is 19.4 Å². The van der Waals surface area contributed by atoms with Crippen molar-refractivity contribution in [1.29, 1.82) is 0 Å². The normalized spacial score (nSPS) is 17.6. The maximum atomic E-state index is 12.2. The Kier molecular flexibility index (Phi) is 4.39. The van der Waals surface area contributed by atoms with Gasteiger partial charge in [-0.25, -0.2) is 0 Å². The van der Waals surface area contributed by atoms with Gasteiger partial charge in [0.1, 0.15) is 0 Å². The summed E-state index contributed by atoms with van der Waals surface area (Å²) in [6.07, 6.45) is 0. The summed E-state index contributed by atoms with van der Waals surface area (Å²) >= 11 is 0. The molecule has 2 N–H and O–H groups in total. The number of amides is 2. The molecular weight excluding hydrogens is 254 g/mol. The minimum Gasteiger partial charge on any atom is -0.343 e. The molecule has 5 nitrogen and oxygen atoms in total. The smallest absolute Gasteiger partial charge is 0.251 e. The molecule has 20 heavy (non-hydrogen) atoms. The SMILES string of the molecule is CC1(C)CNCCN1C(=O)CNC(=O)c1ccccc1. The number of nitrogens with zero attached hydrogens (tertiary/aromatic N) is 1. The van der Waals surface area contributed by atoms with Crippen LogP contribution in [0.3, 0.4) is 0 Å². The molecule has 1 fully saturated rings. The van der Waals surface area contributed by atoms with Gasteiger partial charge in [0.05, 0.1) is 6.54 Å². The Bertz CT molecular complexity index is 485. The molecule has 1 aromatic rings. The number of rotatable bonds is 3. The van der Waals surface area contributed by atoms with Crippen LogP contribution in [0.5, 0.6) is 0 Å². The highest BCUT2D eigenvalue weighted by molar-refractivity contribution is 5.96. The molecule has 0 unspecified atom stereocenters. The summed E-state index contributed by atoms with van der Waals surface area (Å²) in [5.74, 6) is -0.257. The molecule has 1 aliphatic heterocycles. The second-order valence-electron chi connectivity index (χ2n) is 5.58. The fourth-order valence-electron chi connectivity index (χ4n) is 2.39. The van der Waals surface area contributed by atoms with E-state index in [4.69, 9.17) is 0 Å². The second kappa shape index (κ2) is 6.05. The lowest BCUT2D eigenvalue weighted by molar-refractivity contribution is -0.136. The van der Waals surface area contributed by atoms with E-state index in [-0.39, 0.29) is 23.9 Å². The van der Waals surface area contributed by atoms with Gasteiger partial charge in [-0.15, -0.1) is 0 Å². The molecule has 0 bridgehead atoms. The lowest BCUT2D eigenvalue weighted by Crippen LogP contribution is -2.61. The fraction of sp³-hybridized carbons (Fsp3) is 0.467. The highest BCUT2D eigenvalue weighted by Gasteiger charge is 2.32. The molecule has 2 amide bonds. The Morgan fingerprint density at radius 2 is 2.00 bits per heavy atom. The lowest BCUT2D eigenvalue weighted by atomic mass is 10.00. The second-order valence-corrected chi connectivity index (χ2v) is 5.58. The van der Waals surface area contributed by atoms with Crippen molar-refractivity contribution in [3.05, 3.63) is 35.9 Å². The van der Waals surface area contributed by atoms with Crippen LogP contribution in [0, 0.1) is 0 Å². The first-order chi connectivity index (χ1) is 9.50. The van der Waals surface area contributed by atoms with Gasteiger partial charge in [0.2, 0.25) is 5.91 Å². The average Bonchev–Trinajstić information content (AvgIpc) is 2.45. The standard InChI is InChI=1S/C15H21N3O2/c1-15(2)11-16-8-9-18(15)13(19)10-17-14(20)12-6-4-3-5-7-12/h3-7,16H,8-11H2,1-2H3,(H,17,20). The zero-order valence-corrected chi connectivity index (χ0v) is 12.0. The van der Waals surface area contributed by atoms with E-state index in [1.165, 1.54) is 0 Å². The first kappa shape index (κ1) is 14.5. The molecule has 0 saturated carbocycles. The van der Waals surface area contributed by atoms with E-state index >= 15 is 0 Å². The zero-order valence-electron chi connectivity index (χ0n) is 12.0. The van der Waals surface area contributed by atoms with E-state index in [1.54, 1.807) is 24.3 Å². The van der Waals surface area contributed by atoms with Gasteiger partial charge in [0.15, 0.2) is 0 Å². The molecule has 1 saturated heterocycles. The van der Waals surface area contributed by atoms with Gasteiger partial charge < -0.3 is 15.5 Å². The highest BCUT2D eigenvalue weighted by Crippen LogP contribution is 2.15. The summed E-state index contributed by atoms with van der Waals surface area (Å²) in [6, 6.07) is 8.92. The molecule has 0 spiro atoms. The van der Waals surface area contributed by atoms with E-state index in [2.05, 4.69) is 10.6 Å². The van der Waals surface area contributed by atoms with E-state index in [0.29, 0.717) is 12.1 Å². The Balaban J connectivity index is 1.90. The van der Waals surface area contributed by atoms with Crippen molar-refractivity contribution in [1.82, 2.24) is 15.5 Å². The number of hydrogen-bond acceptors (Lipinski definition) is 3. The fourth-order valence-corrected chi connectivity index (χ4v) is 2.39. The topological polar surface area (TPSA) is 61.4 Å². The Hall–Kier alpha value is -1.88. The molecule has 108 valence electrons. The van der Waals surface area contributed by atoms with Crippen LogP contribution in [0.15, 0.2) is 30.3 Å². The van der Waals surface area contributed by atoms with Crippen molar-refractivity contribution in [2.75, 3.05) is 26.2 Å². The quantitative estimate of drug-likeness (QED) is 0.850. The van der Waals surface area contributed by atoms with Gasteiger partial charge in [-0.1, -0.05) is 18.2 Å². The van der Waals surface area contributed by atoms with Crippen LogP contribution < -0.4 is 10.6 Å². The number of hydrogen-bond donors (Lipinski definition) is 2. The summed E-state index contributed by atoms with van der Waals surface area (Å²) in [5.41, 5.74) is 0.354. The summed E-state index contributed by atoms with van der Waals surface area (Å²) in [6.45, 7) is 6.32. The van der Waals surface area contributed by atoms with Crippen LogP contribution in [0.25, 0.3) is 0 Å². The van der Waals surface area contributed by atoms with Gasteiger partial charge in [-0.05, 0) is 26.0 Å². The molecule has 1 heterocycles. The zero-order chi connectivity index (χ0) is 14.6. The average molecular weight is 275 g/mol. The lowest BCUT2D eigenvalue weighted by Gasteiger charge is -2.42. The Morgan fingerprint density at radius 3 is 2.65 bits per heavy atom. The third-order valence-corrected chi connectivity index (χ3v) is 3.54. The summed E-state index contributed by atoms with van der Waals surface area (Å²) in [5, 5.41) is 5.95. The first-order valence-electron chi connectivity index (χ1n) is 6.85. The predicted octanol–water partition coefficient (Wildman–Crippen LogP) is 0.627. The van der Waals surface area contributed by atoms with Crippen LogP contribution in [-0.2, 0) is 4.79 Å². The van der Waals surface area contributed by atoms with Crippen LogP contribution in [-0.4, -0.2) is 48.4 Å². The Morgan fingerprint density at radius 1 is 1.30 bits per heavy atom. The van der Waals surface area contributed by atoms with Crippen molar-refractivity contribution in [3.8, 4) is 0 Å². The minimum atomic E-state index is -0.216. The van der Waals surface area contributed by atoms with Gasteiger partial charge in [-0.2, -0.15) is 0 Å². The van der Waals surface area contributed by atoms with Crippen LogP contribution in [0.4, 0.5) is 0 Å². The predicted molar refractivity (Wildman–Crippen MR) is 77.4 cm³/mol. The monoisotopic (exact) mass is 275 g/mol. The maximum Gasteiger partial charge on any atom is 0.251 e. The summed E-state index contributed by atoms with van der Waals surface area (Å²) in [4.78, 5) is 26.0. The molecule has 2 rings (SSSR count). The maximum absolute atomic E-state index is 12.2. The highest BCUT2D eigenvalue weighted by atomic mass is 16.2. The largest absolute Gasteiger partial charge is 0.343 e. The van der Waals surface area contributed by atoms with Gasteiger partial charge in [0.25, 0.3) is 5.91 Å².